The van der Waals surface area contributed by atoms with Crippen molar-refractivity contribution in [2.24, 2.45) is 0 Å². The third-order valence-corrected chi connectivity index (χ3v) is 8.47. The zero-order valence-corrected chi connectivity index (χ0v) is 14.9. The van der Waals surface area contributed by atoms with E-state index in [-0.39, 0.29) is 5.60 Å². The summed E-state index contributed by atoms with van der Waals surface area (Å²) >= 11 is 6.03. The van der Waals surface area contributed by atoms with Gasteiger partial charge in [-0.05, 0) is 48.4 Å². The lowest BCUT2D eigenvalue weighted by Gasteiger charge is -2.40. The van der Waals surface area contributed by atoms with Crippen LogP contribution in [0.1, 0.15) is 44.2 Å². The highest BCUT2D eigenvalue weighted by molar-refractivity contribution is 8.01. The van der Waals surface area contributed by atoms with Crippen LogP contribution in [0.3, 0.4) is 0 Å². The highest BCUT2D eigenvalue weighted by Gasteiger charge is 2.41. The van der Waals surface area contributed by atoms with Gasteiger partial charge >= 0.3 is 0 Å². The minimum Gasteiger partial charge on any atom is -0.374 e. The van der Waals surface area contributed by atoms with Gasteiger partial charge in [-0.2, -0.15) is 11.8 Å². The lowest BCUT2D eigenvalue weighted by molar-refractivity contribution is -0.0715. The Kier molecular flexibility index (Phi) is 4.31. The smallest absolute Gasteiger partial charge is 0.0795 e. The predicted octanol–water partition coefficient (Wildman–Crippen LogP) is 4.32. The van der Waals surface area contributed by atoms with Crippen molar-refractivity contribution in [3.05, 3.63) is 17.0 Å². The molecule has 0 unspecified atom stereocenters. The van der Waals surface area contributed by atoms with E-state index in [2.05, 4.69) is 47.2 Å². The summed E-state index contributed by atoms with van der Waals surface area (Å²) in [6.07, 6.45) is 4.88. The molecule has 116 valence electrons. The second-order valence-corrected chi connectivity index (χ2v) is 10.3. The molecule has 2 nitrogen and oxygen atoms in total. The van der Waals surface area contributed by atoms with Gasteiger partial charge in [0, 0.05) is 29.7 Å². The maximum absolute atomic E-state index is 6.16. The third kappa shape index (κ3) is 3.05. The van der Waals surface area contributed by atoms with Gasteiger partial charge in [0.25, 0.3) is 0 Å². The summed E-state index contributed by atoms with van der Waals surface area (Å²) in [6.45, 7) is 3.30. The van der Waals surface area contributed by atoms with Crippen LogP contribution in [0.2, 0.25) is 0 Å². The fraction of sp³-hybridized carbons (Fsp3) is 0.750. The van der Waals surface area contributed by atoms with Crippen LogP contribution in [-0.4, -0.2) is 35.0 Å². The van der Waals surface area contributed by atoms with E-state index >= 15 is 0 Å². The number of ether oxygens (including phenoxy) is 1. The Morgan fingerprint density at radius 3 is 3.24 bits per heavy atom. The SMILES string of the molecule is C[C@H]1C[C@H](N[C@H]2CCO[C@@]3(CCSC3)C2)c2ccsc2S1. The van der Waals surface area contributed by atoms with Gasteiger partial charge < -0.3 is 10.1 Å². The fourth-order valence-corrected chi connectivity index (χ4v) is 7.77. The highest BCUT2D eigenvalue weighted by Crippen LogP contribution is 2.45. The molecule has 0 aliphatic carbocycles. The van der Waals surface area contributed by atoms with E-state index in [1.165, 1.54) is 41.4 Å². The minimum atomic E-state index is 0.188. The first-order valence-electron chi connectivity index (χ1n) is 7.96. The van der Waals surface area contributed by atoms with E-state index in [1.54, 1.807) is 5.56 Å². The minimum absolute atomic E-state index is 0.188. The highest BCUT2D eigenvalue weighted by atomic mass is 32.2. The summed E-state index contributed by atoms with van der Waals surface area (Å²) in [5, 5.41) is 6.97. The number of hydrogen-bond acceptors (Lipinski definition) is 5. The van der Waals surface area contributed by atoms with Crippen molar-refractivity contribution in [3.8, 4) is 0 Å². The van der Waals surface area contributed by atoms with Gasteiger partial charge in [0.1, 0.15) is 0 Å². The van der Waals surface area contributed by atoms with E-state index < -0.39 is 0 Å². The molecule has 3 aliphatic rings. The zero-order chi connectivity index (χ0) is 14.3. The van der Waals surface area contributed by atoms with Crippen molar-refractivity contribution in [1.29, 1.82) is 0 Å². The van der Waals surface area contributed by atoms with Gasteiger partial charge in [-0.15, -0.1) is 23.1 Å². The maximum atomic E-state index is 6.16. The first-order chi connectivity index (χ1) is 10.2. The van der Waals surface area contributed by atoms with Crippen LogP contribution in [0, 0.1) is 0 Å². The molecule has 0 amide bonds. The quantitative estimate of drug-likeness (QED) is 0.864. The molecule has 0 aromatic carbocycles. The number of fused-ring (bicyclic) bond motifs is 1. The average Bonchev–Trinajstić information content (AvgIpc) is 3.08. The Hall–Kier alpha value is 0.320. The molecule has 1 aromatic rings. The Labute approximate surface area is 139 Å². The molecule has 4 heterocycles. The molecule has 0 bridgehead atoms. The maximum Gasteiger partial charge on any atom is 0.0795 e. The van der Waals surface area contributed by atoms with Crippen molar-refractivity contribution in [3.63, 3.8) is 0 Å². The van der Waals surface area contributed by atoms with E-state index in [0.29, 0.717) is 12.1 Å². The molecule has 2 fully saturated rings. The molecule has 4 rings (SSSR count). The standard InChI is InChI=1S/C16H23NOS3/c1-11-8-14(13-3-6-20-15(13)21-11)17-12-2-5-18-16(9-12)4-7-19-10-16/h3,6,11-12,14,17H,2,4-5,7-10H2,1H3/t11-,12-,14-,16-/m0/s1. The first-order valence-corrected chi connectivity index (χ1v) is 10.9. The van der Waals surface area contributed by atoms with Gasteiger partial charge in [0.2, 0.25) is 0 Å². The largest absolute Gasteiger partial charge is 0.374 e. The van der Waals surface area contributed by atoms with Crippen LogP contribution in [0.5, 0.6) is 0 Å². The number of hydrogen-bond donors (Lipinski definition) is 1. The van der Waals surface area contributed by atoms with Crippen molar-refractivity contribution in [1.82, 2.24) is 5.32 Å². The Balaban J connectivity index is 1.46. The summed E-state index contributed by atoms with van der Waals surface area (Å²) in [7, 11) is 0. The molecule has 5 heteroatoms. The monoisotopic (exact) mass is 341 g/mol. The molecule has 0 radical (unpaired) electrons. The van der Waals surface area contributed by atoms with Crippen LogP contribution in [-0.2, 0) is 4.74 Å². The topological polar surface area (TPSA) is 21.3 Å². The number of thiophene rings is 1. The van der Waals surface area contributed by atoms with Crippen molar-refractivity contribution in [2.45, 2.75) is 59.8 Å². The van der Waals surface area contributed by atoms with Crippen molar-refractivity contribution < 1.29 is 4.74 Å². The summed E-state index contributed by atoms with van der Waals surface area (Å²) in [5.41, 5.74) is 1.73. The lowest BCUT2D eigenvalue weighted by atomic mass is 9.89. The van der Waals surface area contributed by atoms with Gasteiger partial charge in [0.05, 0.1) is 9.81 Å². The average molecular weight is 342 g/mol. The molecule has 21 heavy (non-hydrogen) atoms. The molecule has 4 atom stereocenters. The molecule has 0 saturated carbocycles. The normalized spacial score (nSPS) is 39.6. The predicted molar refractivity (Wildman–Crippen MR) is 93.8 cm³/mol. The van der Waals surface area contributed by atoms with Gasteiger partial charge in [-0.3, -0.25) is 0 Å². The molecule has 1 spiro atoms. The molecule has 3 aliphatic heterocycles. The van der Waals surface area contributed by atoms with Gasteiger partial charge in [0.15, 0.2) is 0 Å². The van der Waals surface area contributed by atoms with Crippen LogP contribution < -0.4 is 5.32 Å². The molecule has 1 aromatic heterocycles. The van der Waals surface area contributed by atoms with Gasteiger partial charge in [-0.1, -0.05) is 6.92 Å². The van der Waals surface area contributed by atoms with Crippen molar-refractivity contribution in [2.75, 3.05) is 18.1 Å². The molecular weight excluding hydrogens is 318 g/mol. The Bertz CT molecular complexity index is 497. The second-order valence-electron chi connectivity index (χ2n) is 6.57. The van der Waals surface area contributed by atoms with Crippen LogP contribution in [0.25, 0.3) is 0 Å². The summed E-state index contributed by atoms with van der Waals surface area (Å²) in [6, 6.07) is 3.51. The van der Waals surface area contributed by atoms with Crippen LogP contribution in [0.4, 0.5) is 0 Å². The van der Waals surface area contributed by atoms with E-state index in [4.69, 9.17) is 4.74 Å². The van der Waals surface area contributed by atoms with Gasteiger partial charge in [-0.25, -0.2) is 0 Å². The first kappa shape index (κ1) is 14.9. The molecule has 1 N–H and O–H groups in total. The second kappa shape index (κ2) is 6.08. The lowest BCUT2D eigenvalue weighted by Crippen LogP contribution is -2.48. The van der Waals surface area contributed by atoms with E-state index in [1.807, 2.05) is 11.3 Å². The van der Waals surface area contributed by atoms with Crippen LogP contribution in [0.15, 0.2) is 15.7 Å². The van der Waals surface area contributed by atoms with E-state index in [9.17, 15) is 0 Å². The van der Waals surface area contributed by atoms with Crippen molar-refractivity contribution >= 4 is 34.9 Å². The Morgan fingerprint density at radius 1 is 1.43 bits per heavy atom. The Morgan fingerprint density at radius 2 is 2.38 bits per heavy atom. The summed E-state index contributed by atoms with van der Waals surface area (Å²) in [5.74, 6) is 2.48. The molecular formula is C16H23NOS3. The summed E-state index contributed by atoms with van der Waals surface area (Å²) < 4.78 is 7.69. The summed E-state index contributed by atoms with van der Waals surface area (Å²) in [4.78, 5) is 0. The van der Waals surface area contributed by atoms with Crippen LogP contribution >= 0.6 is 34.9 Å². The number of nitrogens with one attached hydrogen (secondary N) is 1. The van der Waals surface area contributed by atoms with E-state index in [0.717, 1.165) is 11.9 Å². The third-order valence-electron chi connectivity index (χ3n) is 4.91. The molecule has 2 saturated heterocycles. The zero-order valence-electron chi connectivity index (χ0n) is 12.5. The number of rotatable bonds is 2. The fourth-order valence-electron chi connectivity index (χ4n) is 3.82. The number of thioether (sulfide) groups is 2.